The van der Waals surface area contributed by atoms with Gasteiger partial charge >= 0.3 is 5.97 Å². The van der Waals surface area contributed by atoms with E-state index in [9.17, 15) is 24.1 Å². The highest BCUT2D eigenvalue weighted by Crippen LogP contribution is 2.30. The fourth-order valence-electron chi connectivity index (χ4n) is 3.53. The SMILES string of the molecule is COC(=O)C1=C(C)N=c2s/c(=C\c3cccc([N+](=O)[O-])c3)c(=O)n2[C@@H]1c1ccc(F)cc1. The minimum absolute atomic E-state index is 0.0977. The van der Waals surface area contributed by atoms with Crippen molar-refractivity contribution in [3.8, 4) is 0 Å². The molecule has 1 aromatic heterocycles. The number of esters is 1. The maximum absolute atomic E-state index is 13.5. The molecule has 162 valence electrons. The number of hydrogen-bond acceptors (Lipinski definition) is 7. The number of allylic oxidation sites excluding steroid dienone is 1. The number of thiazole rings is 1. The molecule has 0 amide bonds. The molecule has 0 aliphatic carbocycles. The van der Waals surface area contributed by atoms with E-state index in [0.29, 0.717) is 21.6 Å². The second-order valence-corrected chi connectivity index (χ2v) is 7.99. The summed E-state index contributed by atoms with van der Waals surface area (Å²) < 4.78 is 20.1. The maximum Gasteiger partial charge on any atom is 0.338 e. The summed E-state index contributed by atoms with van der Waals surface area (Å²) in [5.74, 6) is -1.10. The third kappa shape index (κ3) is 3.76. The molecule has 0 saturated carbocycles. The van der Waals surface area contributed by atoms with Crippen molar-refractivity contribution in [2.24, 2.45) is 4.99 Å². The number of halogens is 1. The molecule has 32 heavy (non-hydrogen) atoms. The van der Waals surface area contributed by atoms with Crippen LogP contribution in [0.25, 0.3) is 6.08 Å². The van der Waals surface area contributed by atoms with Crippen molar-refractivity contribution < 1.29 is 18.8 Å². The predicted molar refractivity (Wildman–Crippen MR) is 115 cm³/mol. The molecule has 0 spiro atoms. The molecule has 0 radical (unpaired) electrons. The first kappa shape index (κ1) is 21.3. The zero-order chi connectivity index (χ0) is 23.0. The molecule has 0 saturated heterocycles. The molecule has 0 fully saturated rings. The van der Waals surface area contributed by atoms with Gasteiger partial charge < -0.3 is 4.74 Å². The van der Waals surface area contributed by atoms with Gasteiger partial charge in [0.25, 0.3) is 11.2 Å². The lowest BCUT2D eigenvalue weighted by atomic mass is 9.96. The minimum Gasteiger partial charge on any atom is -0.466 e. The van der Waals surface area contributed by atoms with Crippen molar-refractivity contribution >= 4 is 29.1 Å². The standard InChI is InChI=1S/C22H16FN3O5S/c1-12-18(21(28)31-2)19(14-6-8-15(23)9-7-14)25-20(27)17(32-22(25)24-12)11-13-4-3-5-16(10-13)26(29)30/h3-11,19H,1-2H3/b17-11-/t19-/m1/s1. The number of carbonyl (C=O) groups is 1. The van der Waals surface area contributed by atoms with Gasteiger partial charge in [-0.3, -0.25) is 19.5 Å². The van der Waals surface area contributed by atoms with Crippen LogP contribution >= 0.6 is 11.3 Å². The van der Waals surface area contributed by atoms with Crippen molar-refractivity contribution in [2.75, 3.05) is 7.11 Å². The van der Waals surface area contributed by atoms with Gasteiger partial charge in [0.2, 0.25) is 0 Å². The monoisotopic (exact) mass is 453 g/mol. The summed E-state index contributed by atoms with van der Waals surface area (Å²) in [6.07, 6.45) is 1.54. The molecular formula is C22H16FN3O5S. The largest absolute Gasteiger partial charge is 0.466 e. The van der Waals surface area contributed by atoms with Crippen LogP contribution in [0, 0.1) is 15.9 Å². The smallest absolute Gasteiger partial charge is 0.338 e. The van der Waals surface area contributed by atoms with Gasteiger partial charge in [0.15, 0.2) is 4.80 Å². The fraction of sp³-hybridized carbons (Fsp3) is 0.136. The molecule has 3 aromatic rings. The van der Waals surface area contributed by atoms with Crippen LogP contribution in [0.4, 0.5) is 10.1 Å². The lowest BCUT2D eigenvalue weighted by molar-refractivity contribution is -0.384. The Labute approximate surface area is 184 Å². The van der Waals surface area contributed by atoms with Crippen molar-refractivity contribution in [3.05, 3.63) is 107 Å². The zero-order valence-corrected chi connectivity index (χ0v) is 17.8. The van der Waals surface area contributed by atoms with Crippen molar-refractivity contribution in [1.29, 1.82) is 0 Å². The summed E-state index contributed by atoms with van der Waals surface area (Å²) >= 11 is 1.10. The summed E-state index contributed by atoms with van der Waals surface area (Å²) in [4.78, 5) is 41.2. The Hall–Kier alpha value is -3.92. The van der Waals surface area contributed by atoms with Crippen LogP contribution in [0.2, 0.25) is 0 Å². The van der Waals surface area contributed by atoms with E-state index in [1.54, 1.807) is 13.0 Å². The molecule has 1 aliphatic heterocycles. The number of ether oxygens (including phenoxy) is 1. The lowest BCUT2D eigenvalue weighted by Gasteiger charge is -2.24. The molecule has 2 aromatic carbocycles. The number of nitro benzene ring substituents is 1. The Morgan fingerprint density at radius 3 is 2.66 bits per heavy atom. The van der Waals surface area contributed by atoms with Crippen LogP contribution in [0.3, 0.4) is 0 Å². The molecule has 0 N–H and O–H groups in total. The van der Waals surface area contributed by atoms with E-state index in [1.807, 2.05) is 0 Å². The Morgan fingerprint density at radius 1 is 1.28 bits per heavy atom. The molecule has 0 unspecified atom stereocenters. The lowest BCUT2D eigenvalue weighted by Crippen LogP contribution is -2.39. The van der Waals surface area contributed by atoms with E-state index in [2.05, 4.69) is 4.99 Å². The van der Waals surface area contributed by atoms with E-state index in [1.165, 1.54) is 60.2 Å². The van der Waals surface area contributed by atoms with Gasteiger partial charge in [-0.1, -0.05) is 35.6 Å². The van der Waals surface area contributed by atoms with Gasteiger partial charge in [0.05, 0.1) is 33.9 Å². The fourth-order valence-corrected chi connectivity index (χ4v) is 4.58. The third-order valence-corrected chi connectivity index (χ3v) is 5.97. The second kappa shape index (κ2) is 8.31. The van der Waals surface area contributed by atoms with Crippen molar-refractivity contribution in [2.45, 2.75) is 13.0 Å². The van der Waals surface area contributed by atoms with E-state index in [-0.39, 0.29) is 15.8 Å². The molecule has 1 aliphatic rings. The predicted octanol–water partition coefficient (Wildman–Crippen LogP) is 2.46. The van der Waals surface area contributed by atoms with Gasteiger partial charge in [0.1, 0.15) is 5.82 Å². The number of non-ortho nitro benzene ring substituents is 1. The second-order valence-electron chi connectivity index (χ2n) is 6.98. The molecule has 10 heteroatoms. The van der Waals surface area contributed by atoms with Crippen molar-refractivity contribution in [3.63, 3.8) is 0 Å². The topological polar surface area (TPSA) is 104 Å². The van der Waals surface area contributed by atoms with Gasteiger partial charge in [-0.05, 0) is 36.3 Å². The Balaban J connectivity index is 1.95. The van der Waals surface area contributed by atoms with Gasteiger partial charge in [-0.15, -0.1) is 0 Å². The molecule has 4 rings (SSSR count). The van der Waals surface area contributed by atoms with Crippen LogP contribution in [-0.4, -0.2) is 22.6 Å². The number of nitrogens with zero attached hydrogens (tertiary/aromatic N) is 3. The average Bonchev–Trinajstić information content (AvgIpc) is 3.07. The minimum atomic E-state index is -0.855. The Bertz CT molecular complexity index is 1450. The van der Waals surface area contributed by atoms with Gasteiger partial charge in [-0.2, -0.15) is 0 Å². The first-order valence-electron chi connectivity index (χ1n) is 9.41. The van der Waals surface area contributed by atoms with Gasteiger partial charge in [-0.25, -0.2) is 14.2 Å². The molecular weight excluding hydrogens is 437 g/mol. The number of fused-ring (bicyclic) bond motifs is 1. The van der Waals surface area contributed by atoms with Crippen molar-refractivity contribution in [1.82, 2.24) is 4.57 Å². The average molecular weight is 453 g/mol. The van der Waals surface area contributed by atoms with Crippen LogP contribution in [0.5, 0.6) is 0 Å². The van der Waals surface area contributed by atoms with Gasteiger partial charge in [0, 0.05) is 12.1 Å². The third-order valence-electron chi connectivity index (χ3n) is 4.99. The number of aromatic nitrogens is 1. The zero-order valence-electron chi connectivity index (χ0n) is 16.9. The van der Waals surface area contributed by atoms with E-state index >= 15 is 0 Å². The summed E-state index contributed by atoms with van der Waals surface area (Å²) in [5.41, 5.74) is 1.03. The number of carbonyl (C=O) groups excluding carboxylic acids is 1. The Kier molecular flexibility index (Phi) is 5.54. The molecule has 0 bridgehead atoms. The van der Waals surface area contributed by atoms with E-state index in [0.717, 1.165) is 11.3 Å². The summed E-state index contributed by atoms with van der Waals surface area (Å²) in [7, 11) is 1.23. The number of rotatable bonds is 4. The van der Waals surface area contributed by atoms with Crippen LogP contribution in [0.1, 0.15) is 24.1 Å². The first-order valence-corrected chi connectivity index (χ1v) is 10.2. The first-order chi connectivity index (χ1) is 15.3. The molecule has 1 atom stereocenters. The Morgan fingerprint density at radius 2 is 2.00 bits per heavy atom. The van der Waals surface area contributed by atoms with Crippen LogP contribution < -0.4 is 14.9 Å². The highest BCUT2D eigenvalue weighted by Gasteiger charge is 2.33. The maximum atomic E-state index is 13.5. The van der Waals surface area contributed by atoms with Crippen LogP contribution in [-0.2, 0) is 9.53 Å². The van der Waals surface area contributed by atoms with Crippen LogP contribution in [0.15, 0.2) is 69.6 Å². The molecule has 8 nitrogen and oxygen atoms in total. The van der Waals surface area contributed by atoms with E-state index in [4.69, 9.17) is 4.74 Å². The van der Waals surface area contributed by atoms with E-state index < -0.39 is 28.3 Å². The number of hydrogen-bond donors (Lipinski definition) is 0. The highest BCUT2D eigenvalue weighted by atomic mass is 32.1. The quantitative estimate of drug-likeness (QED) is 0.343. The number of nitro groups is 1. The molecule has 2 heterocycles. The number of methoxy groups -OCH3 is 1. The number of benzene rings is 2. The normalized spacial score (nSPS) is 15.8. The highest BCUT2D eigenvalue weighted by molar-refractivity contribution is 7.07. The summed E-state index contributed by atoms with van der Waals surface area (Å²) in [5, 5.41) is 11.1. The summed E-state index contributed by atoms with van der Waals surface area (Å²) in [6.45, 7) is 1.64. The summed E-state index contributed by atoms with van der Waals surface area (Å²) in [6, 6.07) is 10.5.